The molecule has 0 radical (unpaired) electrons. The van der Waals surface area contributed by atoms with E-state index in [0.29, 0.717) is 6.54 Å². The zero-order valence-corrected chi connectivity index (χ0v) is 13.3. The van der Waals surface area contributed by atoms with Crippen molar-refractivity contribution in [2.45, 2.75) is 45.2 Å². The van der Waals surface area contributed by atoms with Crippen LogP contribution in [0.5, 0.6) is 0 Å². The maximum absolute atomic E-state index is 12.1. The van der Waals surface area contributed by atoms with E-state index < -0.39 is 6.04 Å². The Balaban J connectivity index is 1.95. The summed E-state index contributed by atoms with van der Waals surface area (Å²) >= 11 is 0. The van der Waals surface area contributed by atoms with Crippen molar-refractivity contribution in [1.29, 1.82) is 0 Å². The highest BCUT2D eigenvalue weighted by atomic mass is 16.3. The van der Waals surface area contributed by atoms with Gasteiger partial charge in [-0.2, -0.15) is 0 Å². The number of furan rings is 1. The Morgan fingerprint density at radius 2 is 2.05 bits per heavy atom. The summed E-state index contributed by atoms with van der Waals surface area (Å²) in [7, 11) is 0. The molecule has 22 heavy (non-hydrogen) atoms. The molecule has 1 aliphatic heterocycles. The first-order valence-corrected chi connectivity index (χ1v) is 7.90. The standard InChI is InChI=1S/C16H25N3O3/c1-12(18-13(2)20)16(21)17-11-14(15-7-6-10-22-15)19-8-4-3-5-9-19/h6-7,10,12,14H,3-5,8-9,11H2,1-2H3,(H,17,21)(H,18,20). The van der Waals surface area contributed by atoms with Crippen LogP contribution >= 0.6 is 0 Å². The number of piperidine rings is 1. The Bertz CT molecular complexity index is 481. The number of rotatable bonds is 6. The minimum atomic E-state index is -0.531. The molecule has 1 aliphatic rings. The molecule has 2 unspecified atom stereocenters. The zero-order valence-electron chi connectivity index (χ0n) is 13.3. The first-order valence-electron chi connectivity index (χ1n) is 7.90. The number of nitrogens with zero attached hydrogens (tertiary/aromatic N) is 1. The van der Waals surface area contributed by atoms with E-state index in [2.05, 4.69) is 15.5 Å². The van der Waals surface area contributed by atoms with Gasteiger partial charge in [-0.15, -0.1) is 0 Å². The average Bonchev–Trinajstić information content (AvgIpc) is 3.02. The molecule has 0 spiro atoms. The first-order chi connectivity index (χ1) is 10.6. The molecule has 0 saturated carbocycles. The third-order valence-corrected chi connectivity index (χ3v) is 3.99. The van der Waals surface area contributed by atoms with Gasteiger partial charge in [-0.1, -0.05) is 6.42 Å². The molecule has 2 rings (SSSR count). The normalized spacial score (nSPS) is 18.5. The second-order valence-electron chi connectivity index (χ2n) is 5.80. The summed E-state index contributed by atoms with van der Waals surface area (Å²) in [5, 5.41) is 5.51. The van der Waals surface area contributed by atoms with Crippen LogP contribution in [0.25, 0.3) is 0 Å². The van der Waals surface area contributed by atoms with Crippen molar-refractivity contribution in [3.63, 3.8) is 0 Å². The minimum Gasteiger partial charge on any atom is -0.468 e. The SMILES string of the molecule is CC(=O)NC(C)C(=O)NCC(c1ccco1)N1CCCCC1. The van der Waals surface area contributed by atoms with Gasteiger partial charge in [-0.3, -0.25) is 14.5 Å². The van der Waals surface area contributed by atoms with Crippen LogP contribution in [0.4, 0.5) is 0 Å². The van der Waals surface area contributed by atoms with Crippen molar-refractivity contribution in [3.8, 4) is 0 Å². The van der Waals surface area contributed by atoms with Crippen molar-refractivity contribution in [2.75, 3.05) is 19.6 Å². The Hall–Kier alpha value is -1.82. The molecule has 1 fully saturated rings. The van der Waals surface area contributed by atoms with Crippen molar-refractivity contribution in [1.82, 2.24) is 15.5 Å². The molecule has 1 aromatic heterocycles. The summed E-state index contributed by atoms with van der Waals surface area (Å²) in [6.45, 7) is 5.60. The van der Waals surface area contributed by atoms with Crippen LogP contribution in [0.2, 0.25) is 0 Å². The number of carbonyl (C=O) groups is 2. The predicted octanol–water partition coefficient (Wildman–Crippen LogP) is 1.45. The van der Waals surface area contributed by atoms with Gasteiger partial charge in [0.25, 0.3) is 0 Å². The van der Waals surface area contributed by atoms with Crippen LogP contribution in [0, 0.1) is 0 Å². The highest BCUT2D eigenvalue weighted by Gasteiger charge is 2.25. The van der Waals surface area contributed by atoms with E-state index in [-0.39, 0.29) is 17.9 Å². The van der Waals surface area contributed by atoms with Gasteiger partial charge in [0.15, 0.2) is 0 Å². The summed E-state index contributed by atoms with van der Waals surface area (Å²) in [5.74, 6) is 0.486. The predicted molar refractivity (Wildman–Crippen MR) is 83.2 cm³/mol. The Labute approximate surface area is 131 Å². The lowest BCUT2D eigenvalue weighted by atomic mass is 10.1. The second kappa shape index (κ2) is 7.98. The molecule has 0 aromatic carbocycles. The van der Waals surface area contributed by atoms with Crippen molar-refractivity contribution in [3.05, 3.63) is 24.2 Å². The molecule has 1 aromatic rings. The van der Waals surface area contributed by atoms with E-state index in [4.69, 9.17) is 4.42 Å². The van der Waals surface area contributed by atoms with Crippen LogP contribution in [0.1, 0.15) is 44.9 Å². The lowest BCUT2D eigenvalue weighted by Crippen LogP contribution is -2.47. The largest absolute Gasteiger partial charge is 0.468 e. The first kappa shape index (κ1) is 16.5. The Morgan fingerprint density at radius 1 is 1.32 bits per heavy atom. The number of likely N-dealkylation sites (tertiary alicyclic amines) is 1. The molecule has 0 bridgehead atoms. The van der Waals surface area contributed by atoms with Gasteiger partial charge < -0.3 is 15.1 Å². The van der Waals surface area contributed by atoms with Gasteiger partial charge in [-0.05, 0) is 45.0 Å². The van der Waals surface area contributed by atoms with Crippen molar-refractivity contribution < 1.29 is 14.0 Å². The fourth-order valence-electron chi connectivity index (χ4n) is 2.84. The van der Waals surface area contributed by atoms with Crippen LogP contribution in [-0.4, -0.2) is 42.4 Å². The third kappa shape index (κ3) is 4.59. The molecule has 6 nitrogen and oxygen atoms in total. The molecule has 2 N–H and O–H groups in total. The third-order valence-electron chi connectivity index (χ3n) is 3.99. The van der Waals surface area contributed by atoms with E-state index in [1.807, 2.05) is 12.1 Å². The smallest absolute Gasteiger partial charge is 0.242 e. The Morgan fingerprint density at radius 3 is 2.64 bits per heavy atom. The van der Waals surface area contributed by atoms with E-state index >= 15 is 0 Å². The molecule has 122 valence electrons. The fraction of sp³-hybridized carbons (Fsp3) is 0.625. The molecule has 2 atom stereocenters. The lowest BCUT2D eigenvalue weighted by Gasteiger charge is -2.33. The van der Waals surface area contributed by atoms with E-state index in [9.17, 15) is 9.59 Å². The fourth-order valence-corrected chi connectivity index (χ4v) is 2.84. The van der Waals surface area contributed by atoms with E-state index in [1.54, 1.807) is 13.2 Å². The van der Waals surface area contributed by atoms with Gasteiger partial charge in [0.1, 0.15) is 11.8 Å². The Kier molecular flexibility index (Phi) is 6.00. The monoisotopic (exact) mass is 307 g/mol. The summed E-state index contributed by atoms with van der Waals surface area (Å²) in [4.78, 5) is 25.4. The zero-order chi connectivity index (χ0) is 15.9. The van der Waals surface area contributed by atoms with Crippen molar-refractivity contribution in [2.24, 2.45) is 0 Å². The molecule has 0 aliphatic carbocycles. The molecule has 2 amide bonds. The van der Waals surface area contributed by atoms with Gasteiger partial charge in [0, 0.05) is 13.5 Å². The number of hydrogen-bond donors (Lipinski definition) is 2. The van der Waals surface area contributed by atoms with Crippen LogP contribution in [0.15, 0.2) is 22.8 Å². The van der Waals surface area contributed by atoms with Crippen molar-refractivity contribution >= 4 is 11.8 Å². The quantitative estimate of drug-likeness (QED) is 0.834. The number of nitrogens with one attached hydrogen (secondary N) is 2. The lowest BCUT2D eigenvalue weighted by molar-refractivity contribution is -0.127. The average molecular weight is 307 g/mol. The second-order valence-corrected chi connectivity index (χ2v) is 5.80. The number of amides is 2. The van der Waals surface area contributed by atoms with Gasteiger partial charge in [0.05, 0.1) is 12.3 Å². The molecule has 1 saturated heterocycles. The number of hydrogen-bond acceptors (Lipinski definition) is 4. The molecule has 2 heterocycles. The van der Waals surface area contributed by atoms with Crippen LogP contribution in [0.3, 0.4) is 0 Å². The molecule has 6 heteroatoms. The van der Waals surface area contributed by atoms with Gasteiger partial charge in [0.2, 0.25) is 11.8 Å². The summed E-state index contributed by atoms with van der Waals surface area (Å²) in [6, 6.07) is 3.33. The highest BCUT2D eigenvalue weighted by Crippen LogP contribution is 2.24. The van der Waals surface area contributed by atoms with E-state index in [0.717, 1.165) is 18.8 Å². The summed E-state index contributed by atoms with van der Waals surface area (Å²) in [5.41, 5.74) is 0. The van der Waals surface area contributed by atoms with Gasteiger partial charge >= 0.3 is 0 Å². The summed E-state index contributed by atoms with van der Waals surface area (Å²) in [6.07, 6.45) is 5.27. The highest BCUT2D eigenvalue weighted by molar-refractivity contribution is 5.86. The molecular weight excluding hydrogens is 282 g/mol. The molecular formula is C16H25N3O3. The van der Waals surface area contributed by atoms with Gasteiger partial charge in [-0.25, -0.2) is 0 Å². The topological polar surface area (TPSA) is 74.6 Å². The van der Waals surface area contributed by atoms with Crippen LogP contribution < -0.4 is 10.6 Å². The maximum Gasteiger partial charge on any atom is 0.242 e. The number of carbonyl (C=O) groups excluding carboxylic acids is 2. The van der Waals surface area contributed by atoms with E-state index in [1.165, 1.54) is 26.2 Å². The van der Waals surface area contributed by atoms with Crippen LogP contribution in [-0.2, 0) is 9.59 Å². The summed E-state index contributed by atoms with van der Waals surface area (Å²) < 4.78 is 5.54. The maximum atomic E-state index is 12.1. The minimum absolute atomic E-state index is 0.0452.